The summed E-state index contributed by atoms with van der Waals surface area (Å²) in [7, 11) is -3.77. The molecule has 0 atom stereocenters. The Morgan fingerprint density at radius 1 is 1.39 bits per heavy atom. The Hall–Kier alpha value is -1.93. The van der Waals surface area contributed by atoms with E-state index < -0.39 is 10.0 Å². The Morgan fingerprint density at radius 2 is 2.11 bits per heavy atom. The third-order valence-corrected chi connectivity index (χ3v) is 3.79. The second-order valence-electron chi connectivity index (χ2n) is 3.40. The summed E-state index contributed by atoms with van der Waals surface area (Å²) in [5.74, 6) is 0.132. The number of sulfonamides is 1. The summed E-state index contributed by atoms with van der Waals surface area (Å²) in [5, 5.41) is 0. The maximum Gasteiger partial charge on any atom is 0.264 e. The van der Waals surface area contributed by atoms with Gasteiger partial charge in [0, 0.05) is 18.0 Å². The third kappa shape index (κ3) is 2.49. The van der Waals surface area contributed by atoms with Gasteiger partial charge in [-0.2, -0.15) is 0 Å². The van der Waals surface area contributed by atoms with Crippen LogP contribution < -0.4 is 10.5 Å². The second kappa shape index (κ2) is 4.75. The molecule has 1 aromatic heterocycles. The minimum absolute atomic E-state index is 0.0221. The van der Waals surface area contributed by atoms with E-state index in [4.69, 9.17) is 18.0 Å². The van der Waals surface area contributed by atoms with Crippen molar-refractivity contribution in [3.63, 3.8) is 0 Å². The number of rotatable bonds is 4. The van der Waals surface area contributed by atoms with Gasteiger partial charge in [-0.25, -0.2) is 18.1 Å². The van der Waals surface area contributed by atoms with E-state index >= 15 is 0 Å². The molecule has 18 heavy (non-hydrogen) atoms. The van der Waals surface area contributed by atoms with E-state index in [0.29, 0.717) is 5.56 Å². The smallest absolute Gasteiger partial charge is 0.264 e. The average molecular weight is 282 g/mol. The van der Waals surface area contributed by atoms with Gasteiger partial charge in [0.05, 0.1) is 4.90 Å². The van der Waals surface area contributed by atoms with Gasteiger partial charge in [0.1, 0.15) is 4.99 Å². The van der Waals surface area contributed by atoms with E-state index in [1.807, 2.05) is 0 Å². The van der Waals surface area contributed by atoms with Gasteiger partial charge in [-0.3, -0.25) is 0 Å². The normalized spacial score (nSPS) is 11.1. The number of aromatic nitrogens is 2. The van der Waals surface area contributed by atoms with Crippen molar-refractivity contribution in [2.75, 3.05) is 4.72 Å². The molecule has 0 saturated carbocycles. The Bertz CT molecular complexity index is 665. The largest absolute Gasteiger partial charge is 0.389 e. The first-order valence-electron chi connectivity index (χ1n) is 4.92. The molecular formula is C10H10N4O2S2. The number of nitrogens with two attached hydrogens (primary N) is 1. The highest BCUT2D eigenvalue weighted by Crippen LogP contribution is 2.17. The number of nitrogens with zero attached hydrogens (tertiary/aromatic N) is 1. The first kappa shape index (κ1) is 12.5. The van der Waals surface area contributed by atoms with Crippen LogP contribution in [0.4, 0.5) is 5.95 Å². The monoisotopic (exact) mass is 282 g/mol. The van der Waals surface area contributed by atoms with E-state index in [-0.39, 0.29) is 15.8 Å². The Kier molecular flexibility index (Phi) is 3.30. The number of imidazole rings is 1. The van der Waals surface area contributed by atoms with Crippen molar-refractivity contribution in [2.45, 2.75) is 4.90 Å². The number of benzene rings is 1. The molecule has 0 aliphatic rings. The van der Waals surface area contributed by atoms with Crippen molar-refractivity contribution in [2.24, 2.45) is 5.73 Å². The summed E-state index contributed by atoms with van der Waals surface area (Å²) in [6.07, 6.45) is 2.95. The maximum absolute atomic E-state index is 12.1. The van der Waals surface area contributed by atoms with Crippen LogP contribution in [0.5, 0.6) is 0 Å². The lowest BCUT2D eigenvalue weighted by Gasteiger charge is -2.09. The number of hydrogen-bond donors (Lipinski definition) is 3. The Morgan fingerprint density at radius 3 is 2.72 bits per heavy atom. The van der Waals surface area contributed by atoms with Crippen molar-refractivity contribution >= 4 is 33.2 Å². The van der Waals surface area contributed by atoms with Crippen LogP contribution in [-0.2, 0) is 10.0 Å². The van der Waals surface area contributed by atoms with Crippen LogP contribution in [0, 0.1) is 0 Å². The lowest BCUT2D eigenvalue weighted by atomic mass is 10.2. The topological polar surface area (TPSA) is 101 Å². The standard InChI is InChI=1S/C10H10N4O2S2/c11-9(17)7-3-1-2-4-8(7)18(15,16)14-10-12-5-6-13-10/h1-6H,(H2,11,17)(H2,12,13,14). The van der Waals surface area contributed by atoms with E-state index in [0.717, 1.165) is 0 Å². The lowest BCUT2D eigenvalue weighted by Crippen LogP contribution is -2.20. The summed E-state index contributed by atoms with van der Waals surface area (Å²) in [6.45, 7) is 0. The first-order valence-corrected chi connectivity index (χ1v) is 6.81. The molecule has 0 bridgehead atoms. The maximum atomic E-state index is 12.1. The van der Waals surface area contributed by atoms with Gasteiger partial charge in [0.2, 0.25) is 5.95 Å². The highest BCUT2D eigenvalue weighted by atomic mass is 32.2. The molecule has 0 aliphatic carbocycles. The average Bonchev–Trinajstić information content (AvgIpc) is 2.81. The highest BCUT2D eigenvalue weighted by Gasteiger charge is 2.20. The van der Waals surface area contributed by atoms with E-state index in [1.165, 1.54) is 18.5 Å². The van der Waals surface area contributed by atoms with Crippen molar-refractivity contribution < 1.29 is 8.42 Å². The fourth-order valence-corrected chi connectivity index (χ4v) is 2.85. The summed E-state index contributed by atoms with van der Waals surface area (Å²) in [5.41, 5.74) is 5.80. The van der Waals surface area contributed by atoms with Gasteiger partial charge in [-0.05, 0) is 6.07 Å². The molecule has 0 aliphatic heterocycles. The Balaban J connectivity index is 2.45. The molecule has 0 unspecified atom stereocenters. The first-order chi connectivity index (χ1) is 8.50. The number of nitrogens with one attached hydrogen (secondary N) is 2. The van der Waals surface area contributed by atoms with Gasteiger partial charge in [0.25, 0.3) is 10.0 Å². The summed E-state index contributed by atoms with van der Waals surface area (Å²) >= 11 is 4.83. The zero-order valence-electron chi connectivity index (χ0n) is 9.12. The summed E-state index contributed by atoms with van der Waals surface area (Å²) in [4.78, 5) is 6.48. The van der Waals surface area contributed by atoms with Gasteiger partial charge in [-0.1, -0.05) is 30.4 Å². The van der Waals surface area contributed by atoms with Crippen LogP contribution in [0.3, 0.4) is 0 Å². The molecule has 0 radical (unpaired) electrons. The van der Waals surface area contributed by atoms with E-state index in [9.17, 15) is 8.42 Å². The summed E-state index contributed by atoms with van der Waals surface area (Å²) in [6, 6.07) is 6.25. The van der Waals surface area contributed by atoms with Gasteiger partial charge in [-0.15, -0.1) is 0 Å². The third-order valence-electron chi connectivity index (χ3n) is 2.17. The number of hydrogen-bond acceptors (Lipinski definition) is 4. The molecule has 1 heterocycles. The van der Waals surface area contributed by atoms with Crippen LogP contribution in [0.2, 0.25) is 0 Å². The molecule has 2 rings (SSSR count). The number of H-pyrrole nitrogens is 1. The van der Waals surface area contributed by atoms with Crippen molar-refractivity contribution in [3.8, 4) is 0 Å². The van der Waals surface area contributed by atoms with Crippen LogP contribution in [0.15, 0.2) is 41.6 Å². The zero-order valence-corrected chi connectivity index (χ0v) is 10.8. The second-order valence-corrected chi connectivity index (χ2v) is 5.49. The van der Waals surface area contributed by atoms with Gasteiger partial charge < -0.3 is 10.7 Å². The fourth-order valence-electron chi connectivity index (χ4n) is 1.41. The predicted molar refractivity (Wildman–Crippen MR) is 71.7 cm³/mol. The predicted octanol–water partition coefficient (Wildman–Crippen LogP) is 0.845. The van der Waals surface area contributed by atoms with Crippen molar-refractivity contribution in [3.05, 3.63) is 42.2 Å². The molecule has 2 aromatic rings. The molecule has 1 aromatic carbocycles. The molecule has 0 amide bonds. The molecule has 6 nitrogen and oxygen atoms in total. The van der Waals surface area contributed by atoms with Crippen molar-refractivity contribution in [1.29, 1.82) is 0 Å². The minimum atomic E-state index is -3.77. The number of aromatic amines is 1. The van der Waals surface area contributed by atoms with Gasteiger partial charge >= 0.3 is 0 Å². The summed E-state index contributed by atoms with van der Waals surface area (Å²) < 4.78 is 26.6. The molecular weight excluding hydrogens is 272 g/mol. The zero-order chi connectivity index (χ0) is 13.2. The molecule has 4 N–H and O–H groups in total. The minimum Gasteiger partial charge on any atom is -0.389 e. The molecule has 0 spiro atoms. The van der Waals surface area contributed by atoms with Crippen LogP contribution in [0.25, 0.3) is 0 Å². The quantitative estimate of drug-likeness (QED) is 0.722. The van der Waals surface area contributed by atoms with E-state index in [1.54, 1.807) is 18.2 Å². The van der Waals surface area contributed by atoms with Crippen molar-refractivity contribution in [1.82, 2.24) is 9.97 Å². The number of thiocarbonyl (C=S) groups is 1. The molecule has 94 valence electrons. The molecule has 0 saturated heterocycles. The van der Waals surface area contributed by atoms with E-state index in [2.05, 4.69) is 14.7 Å². The lowest BCUT2D eigenvalue weighted by molar-refractivity contribution is 0.600. The van der Waals surface area contributed by atoms with Crippen LogP contribution in [-0.4, -0.2) is 23.4 Å². The van der Waals surface area contributed by atoms with Crippen LogP contribution in [0.1, 0.15) is 5.56 Å². The van der Waals surface area contributed by atoms with Crippen LogP contribution >= 0.6 is 12.2 Å². The fraction of sp³-hybridized carbons (Fsp3) is 0. The number of anilines is 1. The van der Waals surface area contributed by atoms with Gasteiger partial charge in [0.15, 0.2) is 0 Å². The molecule has 8 heteroatoms. The SMILES string of the molecule is NC(=S)c1ccccc1S(=O)(=O)Nc1ncc[nH]1. The Labute approximate surface area is 109 Å². The molecule has 0 fully saturated rings. The highest BCUT2D eigenvalue weighted by molar-refractivity contribution is 7.93.